The van der Waals surface area contributed by atoms with Crippen molar-refractivity contribution >= 4 is 16.6 Å². The van der Waals surface area contributed by atoms with Crippen molar-refractivity contribution in [2.24, 2.45) is 18.4 Å². The Balaban J connectivity index is 1.23. The molecule has 1 spiro atoms. The first-order valence-electron chi connectivity index (χ1n) is 11.1. The number of carbonyl (C=O) groups is 1. The van der Waals surface area contributed by atoms with Crippen molar-refractivity contribution in [3.8, 4) is 11.3 Å². The smallest absolute Gasteiger partial charge is 0.141 e. The van der Waals surface area contributed by atoms with Crippen LogP contribution in [0.15, 0.2) is 36.9 Å². The van der Waals surface area contributed by atoms with Crippen LogP contribution in [0.4, 0.5) is 4.39 Å². The number of rotatable bonds is 6. The summed E-state index contributed by atoms with van der Waals surface area (Å²) in [6.45, 7) is 2.20. The summed E-state index contributed by atoms with van der Waals surface area (Å²) in [4.78, 5) is 24.1. The number of alkyl halides is 1. The van der Waals surface area contributed by atoms with Gasteiger partial charge in [0.15, 0.2) is 0 Å². The molecule has 0 amide bonds. The number of nitrogens with zero attached hydrogens (tertiary/aromatic N) is 5. The second-order valence-corrected chi connectivity index (χ2v) is 9.27. The van der Waals surface area contributed by atoms with E-state index in [1.807, 2.05) is 31.6 Å². The Hall–Kier alpha value is -2.67. The summed E-state index contributed by atoms with van der Waals surface area (Å²) in [5.41, 5.74) is 2.97. The topological polar surface area (TPSA) is 63.9 Å². The molecule has 0 atom stereocenters. The molecule has 0 radical (unpaired) electrons. The van der Waals surface area contributed by atoms with Crippen molar-refractivity contribution < 1.29 is 9.18 Å². The highest BCUT2D eigenvalue weighted by molar-refractivity contribution is 5.87. The third-order valence-electron chi connectivity index (χ3n) is 7.15. The van der Waals surface area contributed by atoms with Gasteiger partial charge in [-0.1, -0.05) is 0 Å². The van der Waals surface area contributed by atoms with E-state index in [0.29, 0.717) is 24.2 Å². The van der Waals surface area contributed by atoms with Gasteiger partial charge in [-0.15, -0.1) is 0 Å². The number of pyridine rings is 2. The van der Waals surface area contributed by atoms with E-state index in [0.717, 1.165) is 66.5 Å². The van der Waals surface area contributed by atoms with E-state index in [1.165, 1.54) is 0 Å². The summed E-state index contributed by atoms with van der Waals surface area (Å²) in [6, 6.07) is 4.05. The van der Waals surface area contributed by atoms with Crippen molar-refractivity contribution in [1.29, 1.82) is 0 Å². The molecule has 7 heteroatoms. The molecular weight excluding hydrogens is 393 g/mol. The number of piperidine rings is 1. The molecule has 0 aromatic carbocycles. The molecule has 5 rings (SSSR count). The zero-order valence-corrected chi connectivity index (χ0v) is 17.9. The third-order valence-corrected chi connectivity index (χ3v) is 7.15. The van der Waals surface area contributed by atoms with Crippen molar-refractivity contribution in [1.82, 2.24) is 24.6 Å². The average Bonchev–Trinajstić information content (AvgIpc) is 3.19. The number of Topliss-reactive ketones (excluding diaryl/α,β-unsaturated/α-hetero) is 1. The van der Waals surface area contributed by atoms with Crippen LogP contribution in [0.25, 0.3) is 22.0 Å². The molecule has 0 bridgehead atoms. The number of hydrogen-bond acceptors (Lipinski definition) is 5. The van der Waals surface area contributed by atoms with E-state index < -0.39 is 0 Å². The summed E-state index contributed by atoms with van der Waals surface area (Å²) < 4.78 is 14.3. The van der Waals surface area contributed by atoms with Gasteiger partial charge in [0, 0.05) is 61.2 Å². The number of fused-ring (bicyclic) bond motifs is 1. The molecule has 0 unspecified atom stereocenters. The Labute approximate surface area is 181 Å². The van der Waals surface area contributed by atoms with Crippen LogP contribution < -0.4 is 0 Å². The maximum absolute atomic E-state index is 12.9. The SMILES string of the molecule is Cn1cc(-c2cc3cc(CC(=O)C4CC5(CCN(CCF)CC5)C4)ncc3cn2)cn1. The first-order valence-corrected chi connectivity index (χ1v) is 11.1. The molecule has 1 saturated carbocycles. The fourth-order valence-electron chi connectivity index (χ4n) is 5.21. The van der Waals surface area contributed by atoms with Crippen LogP contribution in [0.1, 0.15) is 31.4 Å². The number of likely N-dealkylation sites (tertiary alicyclic amines) is 1. The third kappa shape index (κ3) is 4.11. The normalized spacial score (nSPS) is 19.0. The summed E-state index contributed by atoms with van der Waals surface area (Å²) in [5, 5.41) is 6.22. The molecule has 0 N–H and O–H groups in total. The van der Waals surface area contributed by atoms with Crippen LogP contribution in [0.5, 0.6) is 0 Å². The van der Waals surface area contributed by atoms with Crippen LogP contribution in [0, 0.1) is 11.3 Å². The lowest BCUT2D eigenvalue weighted by Crippen LogP contribution is -2.49. The maximum atomic E-state index is 12.9. The minimum atomic E-state index is -0.271. The standard InChI is InChI=1S/C24H28FN5O/c1-29-16-20(15-28-29)22-9-17-8-21(26-13-19(17)14-27-22)10-23(31)18-11-24(12-18)2-5-30(6-3-24)7-4-25/h8-9,13-16,18H,2-7,10-12H2,1H3. The molecule has 3 aromatic heterocycles. The number of aryl methyl sites for hydroxylation is 1. The van der Waals surface area contributed by atoms with E-state index in [9.17, 15) is 9.18 Å². The number of carbonyl (C=O) groups excluding carboxylic acids is 1. The van der Waals surface area contributed by atoms with E-state index in [4.69, 9.17) is 0 Å². The van der Waals surface area contributed by atoms with Crippen LogP contribution in [-0.4, -0.2) is 56.7 Å². The molecule has 31 heavy (non-hydrogen) atoms. The molecule has 6 nitrogen and oxygen atoms in total. The highest BCUT2D eigenvalue weighted by atomic mass is 19.1. The Morgan fingerprint density at radius 3 is 2.61 bits per heavy atom. The van der Waals surface area contributed by atoms with Crippen LogP contribution in [-0.2, 0) is 18.3 Å². The van der Waals surface area contributed by atoms with E-state index in [2.05, 4.69) is 20.0 Å². The second-order valence-electron chi connectivity index (χ2n) is 9.27. The summed E-state index contributed by atoms with van der Waals surface area (Å²) in [7, 11) is 1.89. The second kappa shape index (κ2) is 8.11. The van der Waals surface area contributed by atoms with Gasteiger partial charge in [-0.05, 0) is 61.7 Å². The van der Waals surface area contributed by atoms with Crippen molar-refractivity contribution in [2.75, 3.05) is 26.3 Å². The maximum Gasteiger partial charge on any atom is 0.141 e. The fraction of sp³-hybridized carbons (Fsp3) is 0.500. The lowest BCUT2D eigenvalue weighted by atomic mass is 9.56. The molecule has 1 aliphatic carbocycles. The van der Waals surface area contributed by atoms with Gasteiger partial charge in [-0.2, -0.15) is 5.10 Å². The zero-order valence-electron chi connectivity index (χ0n) is 17.9. The molecule has 2 fully saturated rings. The molecule has 2 aliphatic rings. The van der Waals surface area contributed by atoms with E-state index in [-0.39, 0.29) is 12.6 Å². The minimum absolute atomic E-state index is 0.147. The first-order chi connectivity index (χ1) is 15.0. The molecule has 4 heterocycles. The fourth-order valence-corrected chi connectivity index (χ4v) is 5.21. The van der Waals surface area contributed by atoms with Gasteiger partial charge in [0.2, 0.25) is 0 Å². The lowest BCUT2D eigenvalue weighted by molar-refractivity contribution is -0.132. The Bertz CT molecular complexity index is 1090. The Morgan fingerprint density at radius 1 is 1.13 bits per heavy atom. The summed E-state index contributed by atoms with van der Waals surface area (Å²) in [6.07, 6.45) is 11.9. The van der Waals surface area contributed by atoms with Gasteiger partial charge >= 0.3 is 0 Å². The molecular formula is C24H28FN5O. The quantitative estimate of drug-likeness (QED) is 0.609. The minimum Gasteiger partial charge on any atom is -0.301 e. The Morgan fingerprint density at radius 2 is 1.90 bits per heavy atom. The molecule has 162 valence electrons. The highest BCUT2D eigenvalue weighted by Crippen LogP contribution is 2.53. The zero-order chi connectivity index (χ0) is 21.4. The number of halogens is 1. The van der Waals surface area contributed by atoms with Gasteiger partial charge in [0.05, 0.1) is 11.9 Å². The van der Waals surface area contributed by atoms with Gasteiger partial charge in [-0.25, -0.2) is 4.39 Å². The highest BCUT2D eigenvalue weighted by Gasteiger charge is 2.47. The lowest BCUT2D eigenvalue weighted by Gasteiger charge is -2.51. The molecule has 1 aliphatic heterocycles. The van der Waals surface area contributed by atoms with Gasteiger partial charge in [0.1, 0.15) is 12.5 Å². The predicted octanol–water partition coefficient (Wildman–Crippen LogP) is 3.60. The van der Waals surface area contributed by atoms with Crippen LogP contribution in [0.2, 0.25) is 0 Å². The number of hydrogen-bond donors (Lipinski definition) is 0. The Kier molecular flexibility index (Phi) is 5.30. The van der Waals surface area contributed by atoms with Gasteiger partial charge in [0.25, 0.3) is 0 Å². The first kappa shape index (κ1) is 20.2. The largest absolute Gasteiger partial charge is 0.301 e. The van der Waals surface area contributed by atoms with Crippen molar-refractivity contribution in [3.63, 3.8) is 0 Å². The average molecular weight is 422 g/mol. The molecule has 1 saturated heterocycles. The van der Waals surface area contributed by atoms with E-state index in [1.54, 1.807) is 17.1 Å². The predicted molar refractivity (Wildman–Crippen MR) is 117 cm³/mol. The molecule has 3 aromatic rings. The number of aromatic nitrogens is 4. The van der Waals surface area contributed by atoms with Crippen molar-refractivity contribution in [2.45, 2.75) is 32.1 Å². The van der Waals surface area contributed by atoms with Crippen LogP contribution >= 0.6 is 0 Å². The summed E-state index contributed by atoms with van der Waals surface area (Å²) >= 11 is 0. The van der Waals surface area contributed by atoms with Crippen LogP contribution in [0.3, 0.4) is 0 Å². The van der Waals surface area contributed by atoms with Crippen molar-refractivity contribution in [3.05, 3.63) is 42.6 Å². The van der Waals surface area contributed by atoms with Gasteiger partial charge in [-0.3, -0.25) is 19.4 Å². The summed E-state index contributed by atoms with van der Waals surface area (Å²) in [5.74, 6) is 0.443. The number of ketones is 1. The monoisotopic (exact) mass is 421 g/mol. The van der Waals surface area contributed by atoms with Gasteiger partial charge < -0.3 is 4.90 Å². The van der Waals surface area contributed by atoms with E-state index >= 15 is 0 Å².